The second-order valence-corrected chi connectivity index (χ2v) is 5.84. The van der Waals surface area contributed by atoms with Crippen LogP contribution in [0, 0.1) is 0 Å². The van der Waals surface area contributed by atoms with Gasteiger partial charge in [0.15, 0.2) is 0 Å². The largest absolute Gasteiger partial charge is 0.480 e. The van der Waals surface area contributed by atoms with E-state index < -0.39 is 5.97 Å². The second-order valence-electron chi connectivity index (χ2n) is 5.84. The summed E-state index contributed by atoms with van der Waals surface area (Å²) in [6.45, 7) is 2.62. The molecule has 0 spiro atoms. The first kappa shape index (κ1) is 15.1. The van der Waals surface area contributed by atoms with Crippen molar-refractivity contribution < 1.29 is 14.7 Å². The predicted octanol–water partition coefficient (Wildman–Crippen LogP) is 1.07. The van der Waals surface area contributed by atoms with Gasteiger partial charge in [-0.05, 0) is 12.8 Å². The molecule has 0 aromatic carbocycles. The van der Waals surface area contributed by atoms with Crippen LogP contribution < -0.4 is 0 Å². The molecular formula is C14H25N3O3. The van der Waals surface area contributed by atoms with E-state index in [4.69, 9.17) is 5.11 Å². The van der Waals surface area contributed by atoms with Gasteiger partial charge in [0.2, 0.25) is 0 Å². The molecule has 2 aliphatic rings. The van der Waals surface area contributed by atoms with Gasteiger partial charge < -0.3 is 14.9 Å². The average Bonchev–Trinajstić information content (AvgIpc) is 2.47. The minimum Gasteiger partial charge on any atom is -0.480 e. The number of hydrogen-bond donors (Lipinski definition) is 1. The molecule has 1 saturated heterocycles. The molecule has 2 fully saturated rings. The van der Waals surface area contributed by atoms with E-state index in [1.807, 2.05) is 21.7 Å². The number of carboxylic acid groups (broad SMARTS) is 1. The fourth-order valence-corrected chi connectivity index (χ4v) is 3.14. The number of piperazine rings is 1. The van der Waals surface area contributed by atoms with Crippen molar-refractivity contribution in [1.82, 2.24) is 14.7 Å². The van der Waals surface area contributed by atoms with E-state index in [-0.39, 0.29) is 12.6 Å². The topological polar surface area (TPSA) is 64.1 Å². The lowest BCUT2D eigenvalue weighted by molar-refractivity contribution is -0.138. The summed E-state index contributed by atoms with van der Waals surface area (Å²) >= 11 is 0. The van der Waals surface area contributed by atoms with Crippen molar-refractivity contribution in [2.24, 2.45) is 0 Å². The van der Waals surface area contributed by atoms with Gasteiger partial charge in [-0.3, -0.25) is 9.69 Å². The highest BCUT2D eigenvalue weighted by Gasteiger charge is 2.28. The third-order valence-corrected chi connectivity index (χ3v) is 4.43. The summed E-state index contributed by atoms with van der Waals surface area (Å²) in [5.41, 5.74) is 0. The maximum absolute atomic E-state index is 12.4. The predicted molar refractivity (Wildman–Crippen MR) is 75.7 cm³/mol. The van der Waals surface area contributed by atoms with Gasteiger partial charge in [0.1, 0.15) is 0 Å². The third kappa shape index (κ3) is 3.85. The quantitative estimate of drug-likeness (QED) is 0.841. The van der Waals surface area contributed by atoms with Crippen LogP contribution in [-0.2, 0) is 4.79 Å². The molecule has 0 aromatic rings. The lowest BCUT2D eigenvalue weighted by Crippen LogP contribution is -2.54. The maximum atomic E-state index is 12.4. The van der Waals surface area contributed by atoms with E-state index in [1.54, 1.807) is 0 Å². The minimum absolute atomic E-state index is 0.0699. The lowest BCUT2D eigenvalue weighted by atomic mass is 9.95. The molecule has 1 aliphatic carbocycles. The smallest absolute Gasteiger partial charge is 0.320 e. The Balaban J connectivity index is 1.80. The SMILES string of the molecule is CN(C(=O)N1CCN(CC(=O)O)CC1)C1CCCCC1. The number of carbonyl (C=O) groups excluding carboxylic acids is 1. The summed E-state index contributed by atoms with van der Waals surface area (Å²) in [6, 6.07) is 0.486. The van der Waals surface area contributed by atoms with Crippen LogP contribution in [0.25, 0.3) is 0 Å². The van der Waals surface area contributed by atoms with Crippen molar-refractivity contribution in [2.75, 3.05) is 39.8 Å². The highest BCUT2D eigenvalue weighted by Crippen LogP contribution is 2.22. The van der Waals surface area contributed by atoms with Gasteiger partial charge in [-0.1, -0.05) is 19.3 Å². The zero-order chi connectivity index (χ0) is 14.5. The number of amides is 2. The van der Waals surface area contributed by atoms with Crippen LogP contribution in [0.5, 0.6) is 0 Å². The Bertz CT molecular complexity index is 348. The van der Waals surface area contributed by atoms with Crippen molar-refractivity contribution in [2.45, 2.75) is 38.1 Å². The van der Waals surface area contributed by atoms with Gasteiger partial charge in [0.05, 0.1) is 6.54 Å². The van der Waals surface area contributed by atoms with Gasteiger partial charge in [0, 0.05) is 39.3 Å². The van der Waals surface area contributed by atoms with Gasteiger partial charge in [0.25, 0.3) is 0 Å². The molecule has 20 heavy (non-hydrogen) atoms. The Morgan fingerprint density at radius 1 is 1.10 bits per heavy atom. The number of carboxylic acids is 1. The molecule has 1 aliphatic heterocycles. The van der Waals surface area contributed by atoms with Gasteiger partial charge in [-0.15, -0.1) is 0 Å². The van der Waals surface area contributed by atoms with Gasteiger partial charge in [-0.25, -0.2) is 4.79 Å². The number of rotatable bonds is 3. The van der Waals surface area contributed by atoms with Crippen LogP contribution >= 0.6 is 0 Å². The van der Waals surface area contributed by atoms with E-state index in [1.165, 1.54) is 19.3 Å². The van der Waals surface area contributed by atoms with Crippen LogP contribution in [0.3, 0.4) is 0 Å². The van der Waals surface area contributed by atoms with Crippen LogP contribution in [0.15, 0.2) is 0 Å². The molecule has 1 heterocycles. The summed E-state index contributed by atoms with van der Waals surface area (Å²) < 4.78 is 0. The minimum atomic E-state index is -0.802. The number of urea groups is 1. The van der Waals surface area contributed by atoms with Crippen LogP contribution in [0.1, 0.15) is 32.1 Å². The first-order valence-electron chi connectivity index (χ1n) is 7.54. The van der Waals surface area contributed by atoms with E-state index in [2.05, 4.69) is 0 Å². The Morgan fingerprint density at radius 3 is 2.25 bits per heavy atom. The van der Waals surface area contributed by atoms with Gasteiger partial charge in [-0.2, -0.15) is 0 Å². The molecule has 0 bridgehead atoms. The Kier molecular flexibility index (Phi) is 5.23. The number of nitrogens with zero attached hydrogens (tertiary/aromatic N) is 3. The molecule has 6 heteroatoms. The lowest BCUT2D eigenvalue weighted by Gasteiger charge is -2.39. The fourth-order valence-electron chi connectivity index (χ4n) is 3.14. The van der Waals surface area contributed by atoms with E-state index >= 15 is 0 Å². The van der Waals surface area contributed by atoms with Crippen molar-refractivity contribution >= 4 is 12.0 Å². The fraction of sp³-hybridized carbons (Fsp3) is 0.857. The number of carbonyl (C=O) groups is 2. The molecule has 0 aromatic heterocycles. The first-order chi connectivity index (χ1) is 9.58. The molecule has 6 nitrogen and oxygen atoms in total. The highest BCUT2D eigenvalue weighted by atomic mass is 16.4. The first-order valence-corrected chi connectivity index (χ1v) is 7.54. The van der Waals surface area contributed by atoms with Crippen molar-refractivity contribution in [3.05, 3.63) is 0 Å². The van der Waals surface area contributed by atoms with Crippen molar-refractivity contribution in [3.8, 4) is 0 Å². The number of aliphatic carboxylic acids is 1. The third-order valence-electron chi connectivity index (χ3n) is 4.43. The normalized spacial score (nSPS) is 21.8. The summed E-state index contributed by atoms with van der Waals surface area (Å²) in [5.74, 6) is -0.802. The molecule has 0 atom stereocenters. The molecular weight excluding hydrogens is 258 g/mol. The molecule has 1 N–H and O–H groups in total. The monoisotopic (exact) mass is 283 g/mol. The van der Waals surface area contributed by atoms with Gasteiger partial charge >= 0.3 is 12.0 Å². The van der Waals surface area contributed by atoms with E-state index in [0.29, 0.717) is 32.2 Å². The molecule has 1 saturated carbocycles. The zero-order valence-corrected chi connectivity index (χ0v) is 12.3. The summed E-state index contributed by atoms with van der Waals surface area (Å²) in [4.78, 5) is 28.7. The molecule has 2 amide bonds. The summed E-state index contributed by atoms with van der Waals surface area (Å²) in [6.07, 6.45) is 5.94. The van der Waals surface area contributed by atoms with Crippen molar-refractivity contribution in [1.29, 1.82) is 0 Å². The summed E-state index contributed by atoms with van der Waals surface area (Å²) in [7, 11) is 1.90. The van der Waals surface area contributed by atoms with E-state index in [0.717, 1.165) is 12.8 Å². The Morgan fingerprint density at radius 2 is 1.70 bits per heavy atom. The molecule has 0 radical (unpaired) electrons. The zero-order valence-electron chi connectivity index (χ0n) is 12.3. The second kappa shape index (κ2) is 6.92. The van der Waals surface area contributed by atoms with E-state index in [9.17, 15) is 9.59 Å². The number of hydrogen-bond acceptors (Lipinski definition) is 3. The van der Waals surface area contributed by atoms with Crippen LogP contribution in [-0.4, -0.2) is 77.6 Å². The van der Waals surface area contributed by atoms with Crippen LogP contribution in [0.4, 0.5) is 4.79 Å². The molecule has 2 rings (SSSR count). The maximum Gasteiger partial charge on any atom is 0.320 e. The average molecular weight is 283 g/mol. The Labute approximate surface area is 120 Å². The molecule has 114 valence electrons. The Hall–Kier alpha value is -1.30. The summed E-state index contributed by atoms with van der Waals surface area (Å²) in [5, 5.41) is 8.77. The standard InChI is InChI=1S/C14H25N3O3/c1-15(12-5-3-2-4-6-12)14(20)17-9-7-16(8-10-17)11-13(18)19/h12H,2-11H2,1H3,(H,18,19). The van der Waals surface area contributed by atoms with Crippen LogP contribution in [0.2, 0.25) is 0 Å². The highest BCUT2D eigenvalue weighted by molar-refractivity contribution is 5.74. The molecule has 0 unspecified atom stereocenters. The van der Waals surface area contributed by atoms with Crippen molar-refractivity contribution in [3.63, 3.8) is 0 Å².